The van der Waals surface area contributed by atoms with Crippen molar-refractivity contribution in [3.8, 4) is 0 Å². The maximum atomic E-state index is 12.0. The molecule has 5 nitrogen and oxygen atoms in total. The molecule has 1 unspecified atom stereocenters. The lowest BCUT2D eigenvalue weighted by Crippen LogP contribution is -2.46. The summed E-state index contributed by atoms with van der Waals surface area (Å²) in [5, 5.41) is 12.5. The molecule has 1 heterocycles. The fourth-order valence-corrected chi connectivity index (χ4v) is 2.38. The Hall–Kier alpha value is -1.75. The van der Waals surface area contributed by atoms with Gasteiger partial charge in [0.15, 0.2) is 0 Å². The van der Waals surface area contributed by atoms with Gasteiger partial charge in [0.05, 0.1) is 5.92 Å². The van der Waals surface area contributed by atoms with Crippen molar-refractivity contribution < 1.29 is 14.7 Å². The van der Waals surface area contributed by atoms with Crippen LogP contribution in [0.2, 0.25) is 5.02 Å². The molecule has 2 rings (SSSR count). The SMILES string of the molecule is O=C(O)C1CCCN(C(=O)NCc2ccc(Cl)cc2)C1. The van der Waals surface area contributed by atoms with Crippen LogP contribution in [0.1, 0.15) is 18.4 Å². The van der Waals surface area contributed by atoms with Gasteiger partial charge in [0.25, 0.3) is 0 Å². The van der Waals surface area contributed by atoms with Gasteiger partial charge < -0.3 is 15.3 Å². The summed E-state index contributed by atoms with van der Waals surface area (Å²) in [4.78, 5) is 24.5. The minimum absolute atomic E-state index is 0.217. The molecule has 1 saturated heterocycles. The Bertz CT molecular complexity index is 490. The van der Waals surface area contributed by atoms with Crippen molar-refractivity contribution >= 4 is 23.6 Å². The van der Waals surface area contributed by atoms with Crippen molar-refractivity contribution in [2.45, 2.75) is 19.4 Å². The normalized spacial score (nSPS) is 18.6. The number of hydrogen-bond acceptors (Lipinski definition) is 2. The van der Waals surface area contributed by atoms with E-state index in [1.54, 1.807) is 17.0 Å². The van der Waals surface area contributed by atoms with Gasteiger partial charge in [0, 0.05) is 24.7 Å². The van der Waals surface area contributed by atoms with E-state index in [0.29, 0.717) is 24.5 Å². The Labute approximate surface area is 122 Å². The van der Waals surface area contributed by atoms with E-state index >= 15 is 0 Å². The fraction of sp³-hybridized carbons (Fsp3) is 0.429. The second kappa shape index (κ2) is 6.61. The van der Waals surface area contributed by atoms with Crippen molar-refractivity contribution in [1.82, 2.24) is 10.2 Å². The van der Waals surface area contributed by atoms with Crippen LogP contribution in [0.4, 0.5) is 4.79 Å². The Kier molecular flexibility index (Phi) is 4.84. The molecule has 1 aromatic carbocycles. The molecule has 6 heteroatoms. The smallest absolute Gasteiger partial charge is 0.317 e. The number of hydrogen-bond donors (Lipinski definition) is 2. The summed E-state index contributed by atoms with van der Waals surface area (Å²) < 4.78 is 0. The van der Waals surface area contributed by atoms with Crippen LogP contribution in [-0.4, -0.2) is 35.1 Å². The monoisotopic (exact) mass is 296 g/mol. The van der Waals surface area contributed by atoms with Gasteiger partial charge in [-0.1, -0.05) is 23.7 Å². The predicted octanol–water partition coefficient (Wildman–Crippen LogP) is 2.35. The first-order valence-electron chi connectivity index (χ1n) is 6.56. The van der Waals surface area contributed by atoms with Gasteiger partial charge in [-0.05, 0) is 30.5 Å². The van der Waals surface area contributed by atoms with E-state index < -0.39 is 11.9 Å². The fourth-order valence-electron chi connectivity index (χ4n) is 2.25. The van der Waals surface area contributed by atoms with Crippen molar-refractivity contribution in [3.05, 3.63) is 34.9 Å². The zero-order chi connectivity index (χ0) is 14.5. The zero-order valence-electron chi connectivity index (χ0n) is 11.0. The van der Waals surface area contributed by atoms with E-state index in [0.717, 1.165) is 12.0 Å². The lowest BCUT2D eigenvalue weighted by molar-refractivity contribution is -0.143. The first-order chi connectivity index (χ1) is 9.56. The molecule has 0 bridgehead atoms. The van der Waals surface area contributed by atoms with Crippen LogP contribution in [0.5, 0.6) is 0 Å². The Morgan fingerprint density at radius 2 is 2.05 bits per heavy atom. The maximum Gasteiger partial charge on any atom is 0.317 e. The molecule has 0 aromatic heterocycles. The summed E-state index contributed by atoms with van der Waals surface area (Å²) in [6.45, 7) is 1.29. The number of carboxylic acids is 1. The average Bonchev–Trinajstić information content (AvgIpc) is 2.46. The number of urea groups is 1. The summed E-state index contributed by atoms with van der Waals surface area (Å²) >= 11 is 5.79. The van der Waals surface area contributed by atoms with E-state index in [9.17, 15) is 9.59 Å². The van der Waals surface area contributed by atoms with Crippen LogP contribution >= 0.6 is 11.6 Å². The van der Waals surface area contributed by atoms with Gasteiger partial charge in [-0.2, -0.15) is 0 Å². The highest BCUT2D eigenvalue weighted by molar-refractivity contribution is 6.30. The van der Waals surface area contributed by atoms with E-state index in [-0.39, 0.29) is 12.6 Å². The standard InChI is InChI=1S/C14H17ClN2O3/c15-12-5-3-10(4-6-12)8-16-14(20)17-7-1-2-11(9-17)13(18)19/h3-6,11H,1-2,7-9H2,(H,16,20)(H,18,19). The van der Waals surface area contributed by atoms with Crippen LogP contribution in [0.25, 0.3) is 0 Å². The molecule has 1 aliphatic heterocycles. The number of benzene rings is 1. The van der Waals surface area contributed by atoms with E-state index in [4.69, 9.17) is 16.7 Å². The average molecular weight is 297 g/mol. The minimum atomic E-state index is -0.833. The Morgan fingerprint density at radius 1 is 1.35 bits per heavy atom. The van der Waals surface area contributed by atoms with Crippen molar-refractivity contribution in [2.75, 3.05) is 13.1 Å². The van der Waals surface area contributed by atoms with Gasteiger partial charge in [-0.3, -0.25) is 4.79 Å². The first kappa shape index (κ1) is 14.7. The third-order valence-electron chi connectivity index (χ3n) is 3.41. The maximum absolute atomic E-state index is 12.0. The van der Waals surface area contributed by atoms with Crippen LogP contribution < -0.4 is 5.32 Å². The molecular weight excluding hydrogens is 280 g/mol. The first-order valence-corrected chi connectivity index (χ1v) is 6.94. The van der Waals surface area contributed by atoms with Gasteiger partial charge >= 0.3 is 12.0 Å². The lowest BCUT2D eigenvalue weighted by atomic mass is 9.99. The lowest BCUT2D eigenvalue weighted by Gasteiger charge is -2.30. The number of carbonyl (C=O) groups is 2. The van der Waals surface area contributed by atoms with Crippen LogP contribution in [0.15, 0.2) is 24.3 Å². The molecule has 1 aliphatic rings. The second-order valence-corrected chi connectivity index (χ2v) is 5.35. The molecule has 0 aliphatic carbocycles. The molecule has 0 spiro atoms. The topological polar surface area (TPSA) is 69.6 Å². The number of piperidine rings is 1. The predicted molar refractivity (Wildman–Crippen MR) is 75.6 cm³/mol. The Morgan fingerprint density at radius 3 is 2.70 bits per heavy atom. The number of rotatable bonds is 3. The largest absolute Gasteiger partial charge is 0.481 e. The summed E-state index contributed by atoms with van der Waals surface area (Å²) in [6, 6.07) is 7.01. The number of amides is 2. The summed E-state index contributed by atoms with van der Waals surface area (Å²) in [5.74, 6) is -1.29. The number of halogens is 1. The number of nitrogens with zero attached hydrogens (tertiary/aromatic N) is 1. The molecule has 20 heavy (non-hydrogen) atoms. The zero-order valence-corrected chi connectivity index (χ0v) is 11.8. The highest BCUT2D eigenvalue weighted by Gasteiger charge is 2.27. The quantitative estimate of drug-likeness (QED) is 0.899. The third kappa shape index (κ3) is 3.87. The Balaban J connectivity index is 1.85. The van der Waals surface area contributed by atoms with E-state index in [1.807, 2.05) is 12.1 Å². The summed E-state index contributed by atoms with van der Waals surface area (Å²) in [6.07, 6.45) is 1.36. The van der Waals surface area contributed by atoms with Gasteiger partial charge in [-0.25, -0.2) is 4.79 Å². The molecule has 0 radical (unpaired) electrons. The van der Waals surface area contributed by atoms with E-state index in [1.165, 1.54) is 0 Å². The second-order valence-electron chi connectivity index (χ2n) is 4.91. The number of carboxylic acid groups (broad SMARTS) is 1. The van der Waals surface area contributed by atoms with Crippen molar-refractivity contribution in [1.29, 1.82) is 0 Å². The van der Waals surface area contributed by atoms with Gasteiger partial charge in [0.1, 0.15) is 0 Å². The summed E-state index contributed by atoms with van der Waals surface area (Å²) in [5.41, 5.74) is 0.953. The third-order valence-corrected chi connectivity index (χ3v) is 3.67. The molecule has 1 fully saturated rings. The molecule has 108 valence electrons. The number of nitrogens with one attached hydrogen (secondary N) is 1. The highest BCUT2D eigenvalue weighted by atomic mass is 35.5. The molecular formula is C14H17ClN2O3. The van der Waals surface area contributed by atoms with Crippen LogP contribution in [0.3, 0.4) is 0 Å². The number of aliphatic carboxylic acids is 1. The molecule has 1 atom stereocenters. The molecule has 0 saturated carbocycles. The minimum Gasteiger partial charge on any atom is -0.481 e. The van der Waals surface area contributed by atoms with Gasteiger partial charge in [-0.15, -0.1) is 0 Å². The van der Waals surface area contributed by atoms with Crippen molar-refractivity contribution in [2.24, 2.45) is 5.92 Å². The van der Waals surface area contributed by atoms with Crippen LogP contribution in [0, 0.1) is 5.92 Å². The number of carbonyl (C=O) groups excluding carboxylic acids is 1. The van der Waals surface area contributed by atoms with Crippen molar-refractivity contribution in [3.63, 3.8) is 0 Å². The molecule has 1 aromatic rings. The number of likely N-dealkylation sites (tertiary alicyclic amines) is 1. The summed E-state index contributed by atoms with van der Waals surface area (Å²) in [7, 11) is 0. The molecule has 2 amide bonds. The van der Waals surface area contributed by atoms with E-state index in [2.05, 4.69) is 5.32 Å². The van der Waals surface area contributed by atoms with Gasteiger partial charge in [0.2, 0.25) is 0 Å². The molecule has 2 N–H and O–H groups in total. The van der Waals surface area contributed by atoms with Crippen LogP contribution in [-0.2, 0) is 11.3 Å². The highest BCUT2D eigenvalue weighted by Crippen LogP contribution is 2.16.